The van der Waals surface area contributed by atoms with Crippen LogP contribution in [0.4, 0.5) is 0 Å². The van der Waals surface area contributed by atoms with Crippen molar-refractivity contribution in [2.75, 3.05) is 13.2 Å². The molecule has 0 radical (unpaired) electrons. The lowest BCUT2D eigenvalue weighted by molar-refractivity contribution is 0.0620. The molecule has 0 atom stereocenters. The van der Waals surface area contributed by atoms with Crippen molar-refractivity contribution >= 4 is 11.7 Å². The van der Waals surface area contributed by atoms with Crippen molar-refractivity contribution < 1.29 is 19.1 Å². The second-order valence-corrected chi connectivity index (χ2v) is 6.70. The fraction of sp³-hybridized carbons (Fsp3) is 0.556. The highest BCUT2D eigenvalue weighted by atomic mass is 16.5. The summed E-state index contributed by atoms with van der Waals surface area (Å²) in [5, 5.41) is 2.84. The van der Waals surface area contributed by atoms with Gasteiger partial charge in [-0.1, -0.05) is 0 Å². The normalized spacial score (nSPS) is 16.0. The van der Waals surface area contributed by atoms with Crippen LogP contribution in [0.1, 0.15) is 61.3 Å². The molecule has 1 aromatic carbocycles. The summed E-state index contributed by atoms with van der Waals surface area (Å²) >= 11 is 0. The molecule has 23 heavy (non-hydrogen) atoms. The van der Waals surface area contributed by atoms with Gasteiger partial charge in [0.2, 0.25) is 0 Å². The number of hydrogen-bond donors (Lipinski definition) is 1. The lowest BCUT2D eigenvalue weighted by Crippen LogP contribution is -2.36. The van der Waals surface area contributed by atoms with E-state index in [1.165, 1.54) is 0 Å². The first kappa shape index (κ1) is 17.5. The first-order chi connectivity index (χ1) is 10.8. The Bertz CT molecular complexity index is 593. The van der Waals surface area contributed by atoms with Gasteiger partial charge in [0, 0.05) is 18.7 Å². The number of ether oxygens (including phenoxy) is 2. The van der Waals surface area contributed by atoms with Crippen molar-refractivity contribution in [3.05, 3.63) is 29.3 Å². The van der Waals surface area contributed by atoms with E-state index in [4.69, 9.17) is 9.47 Å². The predicted molar refractivity (Wildman–Crippen MR) is 88.1 cm³/mol. The molecule has 0 unspecified atom stereocenters. The van der Waals surface area contributed by atoms with E-state index >= 15 is 0 Å². The molecule has 1 N–H and O–H groups in total. The van der Waals surface area contributed by atoms with Crippen molar-refractivity contribution in [3.8, 4) is 5.75 Å². The topological polar surface area (TPSA) is 64.6 Å². The lowest BCUT2D eigenvalue weighted by atomic mass is 9.92. The van der Waals surface area contributed by atoms with Gasteiger partial charge in [0.1, 0.15) is 11.4 Å². The number of amides is 1. The van der Waals surface area contributed by atoms with Crippen LogP contribution in [0, 0.1) is 0 Å². The van der Waals surface area contributed by atoms with Crippen LogP contribution >= 0.6 is 0 Å². The molecule has 1 aliphatic heterocycles. The predicted octanol–water partition coefficient (Wildman–Crippen LogP) is 2.98. The van der Waals surface area contributed by atoms with Crippen LogP contribution in [0.15, 0.2) is 18.2 Å². The summed E-state index contributed by atoms with van der Waals surface area (Å²) < 4.78 is 11.2. The second-order valence-electron chi connectivity index (χ2n) is 6.70. The molecule has 5 heteroatoms. The summed E-state index contributed by atoms with van der Waals surface area (Å²) in [5.41, 5.74) is 0.467. The molecule has 5 nitrogen and oxygen atoms in total. The van der Waals surface area contributed by atoms with Crippen molar-refractivity contribution in [3.63, 3.8) is 0 Å². The minimum absolute atomic E-state index is 0.0104. The van der Waals surface area contributed by atoms with E-state index in [9.17, 15) is 9.59 Å². The molecular formula is C18H25NO4. The zero-order valence-electron chi connectivity index (χ0n) is 14.3. The number of ketones is 1. The average Bonchev–Trinajstić information content (AvgIpc) is 2.45. The molecule has 1 aromatic rings. The van der Waals surface area contributed by atoms with Gasteiger partial charge in [0.05, 0.1) is 18.1 Å². The summed E-state index contributed by atoms with van der Waals surface area (Å²) in [5.74, 6) is 0.374. The average molecular weight is 319 g/mol. The van der Waals surface area contributed by atoms with E-state index in [-0.39, 0.29) is 17.8 Å². The molecule has 0 spiro atoms. The summed E-state index contributed by atoms with van der Waals surface area (Å²) in [7, 11) is 0. The zero-order chi connectivity index (χ0) is 17.0. The number of hydrogen-bond acceptors (Lipinski definition) is 4. The number of fused-ring (bicyclic) bond motifs is 1. The number of carbonyl (C=O) groups is 2. The van der Waals surface area contributed by atoms with Gasteiger partial charge in [0.25, 0.3) is 5.91 Å². The van der Waals surface area contributed by atoms with Gasteiger partial charge in [-0.05, 0) is 52.3 Å². The SMILES string of the molecule is CC(C)OCCCNC(=O)c1ccc2c(c1)C(=O)CC(C)(C)O2. The second kappa shape index (κ2) is 7.13. The molecule has 0 aromatic heterocycles. The van der Waals surface area contributed by atoms with E-state index in [0.717, 1.165) is 6.42 Å². The van der Waals surface area contributed by atoms with Crippen LogP contribution in [0.25, 0.3) is 0 Å². The molecule has 0 aliphatic carbocycles. The first-order valence-corrected chi connectivity index (χ1v) is 8.04. The maximum atomic E-state index is 12.2. The van der Waals surface area contributed by atoms with Crippen molar-refractivity contribution in [2.24, 2.45) is 0 Å². The molecule has 1 amide bonds. The zero-order valence-corrected chi connectivity index (χ0v) is 14.3. The first-order valence-electron chi connectivity index (χ1n) is 8.04. The van der Waals surface area contributed by atoms with E-state index < -0.39 is 5.60 Å². The number of benzene rings is 1. The van der Waals surface area contributed by atoms with Crippen molar-refractivity contribution in [2.45, 2.75) is 52.2 Å². The van der Waals surface area contributed by atoms with Crippen LogP contribution < -0.4 is 10.1 Å². The Balaban J connectivity index is 1.95. The number of carbonyl (C=O) groups excluding carboxylic acids is 2. The Morgan fingerprint density at radius 3 is 2.83 bits per heavy atom. The van der Waals surface area contributed by atoms with Gasteiger partial charge in [-0.25, -0.2) is 0 Å². The fourth-order valence-corrected chi connectivity index (χ4v) is 2.49. The van der Waals surface area contributed by atoms with Gasteiger partial charge in [-0.15, -0.1) is 0 Å². The third-order valence-electron chi connectivity index (χ3n) is 3.57. The van der Waals surface area contributed by atoms with Crippen LogP contribution in [0.3, 0.4) is 0 Å². The highest BCUT2D eigenvalue weighted by Gasteiger charge is 2.32. The molecule has 0 fully saturated rings. The third-order valence-corrected chi connectivity index (χ3v) is 3.57. The minimum Gasteiger partial charge on any atom is -0.487 e. The highest BCUT2D eigenvalue weighted by molar-refractivity contribution is 6.03. The van der Waals surface area contributed by atoms with Gasteiger partial charge in [-0.3, -0.25) is 9.59 Å². The monoisotopic (exact) mass is 319 g/mol. The summed E-state index contributed by atoms with van der Waals surface area (Å²) in [6.45, 7) is 8.88. The molecule has 126 valence electrons. The fourth-order valence-electron chi connectivity index (χ4n) is 2.49. The smallest absolute Gasteiger partial charge is 0.251 e. The molecule has 0 bridgehead atoms. The summed E-state index contributed by atoms with van der Waals surface area (Å²) in [6, 6.07) is 5.01. The van der Waals surface area contributed by atoms with E-state index in [0.29, 0.717) is 36.4 Å². The highest BCUT2D eigenvalue weighted by Crippen LogP contribution is 2.33. The Hall–Kier alpha value is -1.88. The van der Waals surface area contributed by atoms with Gasteiger partial charge in [0.15, 0.2) is 5.78 Å². The Morgan fingerprint density at radius 1 is 1.39 bits per heavy atom. The van der Waals surface area contributed by atoms with Crippen LogP contribution in [-0.4, -0.2) is 36.5 Å². The maximum absolute atomic E-state index is 12.2. The molecule has 1 aliphatic rings. The van der Waals surface area contributed by atoms with Crippen LogP contribution in [0.2, 0.25) is 0 Å². The van der Waals surface area contributed by atoms with E-state index in [2.05, 4.69) is 5.32 Å². The number of rotatable bonds is 6. The van der Waals surface area contributed by atoms with Gasteiger partial charge in [-0.2, -0.15) is 0 Å². The van der Waals surface area contributed by atoms with Crippen molar-refractivity contribution in [1.29, 1.82) is 0 Å². The van der Waals surface area contributed by atoms with Crippen molar-refractivity contribution in [1.82, 2.24) is 5.32 Å². The van der Waals surface area contributed by atoms with E-state index in [1.807, 2.05) is 27.7 Å². The summed E-state index contributed by atoms with van der Waals surface area (Å²) in [6.07, 6.45) is 1.27. The van der Waals surface area contributed by atoms with Crippen LogP contribution in [-0.2, 0) is 4.74 Å². The largest absolute Gasteiger partial charge is 0.487 e. The number of nitrogens with one attached hydrogen (secondary N) is 1. The van der Waals surface area contributed by atoms with Crippen LogP contribution in [0.5, 0.6) is 5.75 Å². The van der Waals surface area contributed by atoms with E-state index in [1.54, 1.807) is 18.2 Å². The molecule has 1 heterocycles. The third kappa shape index (κ3) is 4.79. The Morgan fingerprint density at radius 2 is 2.13 bits per heavy atom. The molecule has 0 saturated heterocycles. The maximum Gasteiger partial charge on any atom is 0.251 e. The van der Waals surface area contributed by atoms with Gasteiger partial charge < -0.3 is 14.8 Å². The quantitative estimate of drug-likeness (QED) is 0.819. The Kier molecular flexibility index (Phi) is 5.42. The lowest BCUT2D eigenvalue weighted by Gasteiger charge is -2.31. The Labute approximate surface area is 137 Å². The molecular weight excluding hydrogens is 294 g/mol. The summed E-state index contributed by atoms with van der Waals surface area (Å²) in [4.78, 5) is 24.4. The molecule has 0 saturated carbocycles. The minimum atomic E-state index is -0.496. The number of Topliss-reactive ketones (excluding diaryl/α,β-unsaturated/α-hetero) is 1. The van der Waals surface area contributed by atoms with Gasteiger partial charge >= 0.3 is 0 Å². The standard InChI is InChI=1S/C18H25NO4/c1-12(2)22-9-5-8-19-17(21)13-6-7-16-14(10-13)15(20)11-18(3,4)23-16/h6-7,10,12H,5,8-9,11H2,1-4H3,(H,19,21). The molecule has 2 rings (SSSR count).